The van der Waals surface area contributed by atoms with Crippen molar-refractivity contribution in [3.8, 4) is 0 Å². The van der Waals surface area contributed by atoms with E-state index < -0.39 is 10.0 Å². The first-order valence-electron chi connectivity index (χ1n) is 5.68. The molecule has 1 aromatic carbocycles. The van der Waals surface area contributed by atoms with Gasteiger partial charge >= 0.3 is 0 Å². The van der Waals surface area contributed by atoms with Crippen LogP contribution in [0.4, 0.5) is 0 Å². The van der Waals surface area contributed by atoms with E-state index in [4.69, 9.17) is 23.2 Å². The number of sulfonamides is 1. The zero-order valence-corrected chi connectivity index (χ0v) is 12.9. The molecule has 0 bridgehead atoms. The molecule has 1 saturated carbocycles. The van der Waals surface area contributed by atoms with E-state index >= 15 is 0 Å². The molecule has 2 N–H and O–H groups in total. The third-order valence-electron chi connectivity index (χ3n) is 3.57. The Morgan fingerprint density at radius 3 is 2.21 bits per heavy atom. The lowest BCUT2D eigenvalue weighted by Crippen LogP contribution is -2.32. The summed E-state index contributed by atoms with van der Waals surface area (Å²) in [4.78, 5) is -0.0220. The van der Waals surface area contributed by atoms with Crippen molar-refractivity contribution in [2.24, 2.45) is 11.8 Å². The lowest BCUT2D eigenvalue weighted by atomic mass is 10.4. The topological polar surface area (TPSA) is 58.2 Å². The Balaban J connectivity index is 0.00000133. The fourth-order valence-corrected chi connectivity index (χ4v) is 5.05. The van der Waals surface area contributed by atoms with Crippen LogP contribution in [-0.4, -0.2) is 27.5 Å². The van der Waals surface area contributed by atoms with E-state index in [1.165, 1.54) is 12.1 Å². The fourth-order valence-electron chi connectivity index (χ4n) is 2.57. The van der Waals surface area contributed by atoms with Crippen molar-refractivity contribution >= 4 is 45.6 Å². The molecule has 19 heavy (non-hydrogen) atoms. The zero-order valence-electron chi connectivity index (χ0n) is 9.77. The summed E-state index contributed by atoms with van der Waals surface area (Å²) in [6.07, 6.45) is 0. The van der Waals surface area contributed by atoms with Crippen molar-refractivity contribution in [1.82, 2.24) is 10.0 Å². The van der Waals surface area contributed by atoms with Gasteiger partial charge in [-0.1, -0.05) is 29.3 Å². The van der Waals surface area contributed by atoms with Crippen LogP contribution in [0.15, 0.2) is 23.1 Å². The smallest absolute Gasteiger partial charge is 0.243 e. The molecule has 1 aromatic rings. The lowest BCUT2D eigenvalue weighted by Gasteiger charge is -2.11. The van der Waals surface area contributed by atoms with Crippen LogP contribution in [0, 0.1) is 11.8 Å². The van der Waals surface area contributed by atoms with Gasteiger partial charge in [-0.2, -0.15) is 0 Å². The van der Waals surface area contributed by atoms with Crippen molar-refractivity contribution in [3.63, 3.8) is 0 Å². The molecule has 0 spiro atoms. The van der Waals surface area contributed by atoms with Crippen LogP contribution in [0.1, 0.15) is 0 Å². The molecule has 0 radical (unpaired) electrons. The number of benzene rings is 1. The standard InChI is InChI=1S/C11H12Cl2N2O2S.ClH/c12-8-2-1-3-9(13)11(8)18(16,17)15-10-6-4-14-5-7(6)10;/h1-3,6-7,10,14-15H,4-5H2;1H. The summed E-state index contributed by atoms with van der Waals surface area (Å²) in [7, 11) is -3.64. The summed E-state index contributed by atoms with van der Waals surface area (Å²) in [6, 6.07) is 4.69. The Morgan fingerprint density at radius 2 is 1.68 bits per heavy atom. The largest absolute Gasteiger partial charge is 0.316 e. The van der Waals surface area contributed by atoms with Gasteiger partial charge in [0, 0.05) is 6.04 Å². The summed E-state index contributed by atoms with van der Waals surface area (Å²) in [5, 5.41) is 3.52. The second-order valence-corrected chi connectivity index (χ2v) is 7.15. The third-order valence-corrected chi connectivity index (χ3v) is 5.98. The van der Waals surface area contributed by atoms with Gasteiger partial charge in [-0.15, -0.1) is 12.4 Å². The Labute approximate surface area is 128 Å². The maximum absolute atomic E-state index is 12.3. The molecule has 2 unspecified atom stereocenters. The second-order valence-electron chi connectivity index (χ2n) is 4.68. The van der Waals surface area contributed by atoms with Crippen LogP contribution >= 0.6 is 35.6 Å². The molecule has 2 fully saturated rings. The minimum Gasteiger partial charge on any atom is -0.316 e. The van der Waals surface area contributed by atoms with Gasteiger partial charge in [0.1, 0.15) is 4.90 Å². The van der Waals surface area contributed by atoms with Crippen LogP contribution in [0.3, 0.4) is 0 Å². The van der Waals surface area contributed by atoms with Gasteiger partial charge in [-0.25, -0.2) is 13.1 Å². The van der Waals surface area contributed by atoms with Crippen LogP contribution in [0.2, 0.25) is 10.0 Å². The molecule has 1 saturated heterocycles. The van der Waals surface area contributed by atoms with Gasteiger partial charge in [-0.3, -0.25) is 0 Å². The number of hydrogen-bond donors (Lipinski definition) is 2. The molecule has 0 aromatic heterocycles. The van der Waals surface area contributed by atoms with Crippen LogP contribution in [0.25, 0.3) is 0 Å². The highest BCUT2D eigenvalue weighted by atomic mass is 35.5. The molecule has 2 atom stereocenters. The molecule has 8 heteroatoms. The summed E-state index contributed by atoms with van der Waals surface area (Å²) in [5.41, 5.74) is 0. The first-order chi connectivity index (χ1) is 8.50. The number of fused-ring (bicyclic) bond motifs is 1. The number of halogens is 3. The third kappa shape index (κ3) is 2.73. The number of rotatable bonds is 3. The number of hydrogen-bond acceptors (Lipinski definition) is 3. The van der Waals surface area contributed by atoms with E-state index in [0.717, 1.165) is 13.1 Å². The summed E-state index contributed by atoms with van der Waals surface area (Å²) in [5.74, 6) is 0.807. The van der Waals surface area contributed by atoms with Gasteiger partial charge in [-0.05, 0) is 37.1 Å². The van der Waals surface area contributed by atoms with E-state index in [0.29, 0.717) is 11.8 Å². The second kappa shape index (κ2) is 5.39. The molecule has 2 aliphatic rings. The summed E-state index contributed by atoms with van der Waals surface area (Å²) < 4.78 is 27.2. The molecule has 1 aliphatic heterocycles. The van der Waals surface area contributed by atoms with Crippen LogP contribution in [-0.2, 0) is 10.0 Å². The summed E-state index contributed by atoms with van der Waals surface area (Å²) >= 11 is 11.8. The molecule has 106 valence electrons. The Bertz CT molecular complexity index is 563. The highest BCUT2D eigenvalue weighted by Crippen LogP contribution is 2.43. The molecule has 3 rings (SSSR count). The Morgan fingerprint density at radius 1 is 1.16 bits per heavy atom. The molecule has 4 nitrogen and oxygen atoms in total. The average molecular weight is 344 g/mol. The van der Waals surface area contributed by atoms with Crippen molar-refractivity contribution in [2.45, 2.75) is 10.9 Å². The van der Waals surface area contributed by atoms with E-state index in [1.54, 1.807) is 6.07 Å². The Hall–Kier alpha value is -0.0400. The zero-order chi connectivity index (χ0) is 12.9. The van der Waals surface area contributed by atoms with E-state index in [2.05, 4.69) is 10.0 Å². The van der Waals surface area contributed by atoms with Crippen molar-refractivity contribution in [3.05, 3.63) is 28.2 Å². The van der Waals surface area contributed by atoms with Gasteiger partial charge in [0.15, 0.2) is 0 Å². The van der Waals surface area contributed by atoms with E-state index in [-0.39, 0.29) is 33.4 Å². The van der Waals surface area contributed by atoms with Gasteiger partial charge < -0.3 is 5.32 Å². The fraction of sp³-hybridized carbons (Fsp3) is 0.455. The van der Waals surface area contributed by atoms with Crippen LogP contribution < -0.4 is 10.0 Å². The minimum absolute atomic E-state index is 0. The van der Waals surface area contributed by atoms with Crippen molar-refractivity contribution < 1.29 is 8.42 Å². The van der Waals surface area contributed by atoms with E-state index in [1.807, 2.05) is 0 Å². The monoisotopic (exact) mass is 342 g/mol. The quantitative estimate of drug-likeness (QED) is 0.881. The maximum atomic E-state index is 12.3. The van der Waals surface area contributed by atoms with E-state index in [9.17, 15) is 8.42 Å². The molecule has 1 aliphatic carbocycles. The highest BCUT2D eigenvalue weighted by Gasteiger charge is 2.54. The Kier molecular flexibility index (Phi) is 4.35. The summed E-state index contributed by atoms with van der Waals surface area (Å²) in [6.45, 7) is 1.74. The first-order valence-corrected chi connectivity index (χ1v) is 7.91. The van der Waals surface area contributed by atoms with Crippen LogP contribution in [0.5, 0.6) is 0 Å². The van der Waals surface area contributed by atoms with Crippen molar-refractivity contribution in [2.75, 3.05) is 13.1 Å². The lowest BCUT2D eigenvalue weighted by molar-refractivity contribution is 0.565. The molecular formula is C11H13Cl3N2O2S. The predicted octanol–water partition coefficient (Wildman–Crippen LogP) is 1.91. The first kappa shape index (κ1) is 15.4. The molecule has 0 amide bonds. The normalized spacial score (nSPS) is 28.6. The van der Waals surface area contributed by atoms with Crippen molar-refractivity contribution in [1.29, 1.82) is 0 Å². The molecule has 1 heterocycles. The van der Waals surface area contributed by atoms with Gasteiger partial charge in [0.25, 0.3) is 0 Å². The number of nitrogens with one attached hydrogen (secondary N) is 2. The highest BCUT2D eigenvalue weighted by molar-refractivity contribution is 7.89. The minimum atomic E-state index is -3.64. The van der Waals surface area contributed by atoms with Gasteiger partial charge in [0.2, 0.25) is 10.0 Å². The maximum Gasteiger partial charge on any atom is 0.243 e. The average Bonchev–Trinajstić information content (AvgIpc) is 2.74. The molecular weight excluding hydrogens is 331 g/mol. The predicted molar refractivity (Wildman–Crippen MR) is 77.7 cm³/mol. The SMILES string of the molecule is Cl.O=S(=O)(NC1C2CNCC21)c1c(Cl)cccc1Cl. The number of piperidine rings is 1. The van der Waals surface area contributed by atoms with Gasteiger partial charge in [0.05, 0.1) is 10.0 Å².